The molecule has 5 heteroatoms. The summed E-state index contributed by atoms with van der Waals surface area (Å²) in [5.41, 5.74) is 3.99. The first-order valence-electron chi connectivity index (χ1n) is 8.24. The number of likely N-dealkylation sites (tertiary alicyclic amines) is 1. The highest BCUT2D eigenvalue weighted by Gasteiger charge is 2.22. The number of aromatic amines is 1. The Bertz CT molecular complexity index is 745. The number of aromatic nitrogens is 3. The van der Waals surface area contributed by atoms with Gasteiger partial charge in [0, 0.05) is 47.4 Å². The molecule has 2 aromatic heterocycles. The molecular weight excluding hydrogens is 288 g/mol. The summed E-state index contributed by atoms with van der Waals surface area (Å²) in [5.74, 6) is 1.36. The number of pyridine rings is 1. The molecule has 3 heterocycles. The molecule has 5 nitrogen and oxygen atoms in total. The Labute approximate surface area is 136 Å². The normalized spacial score (nSPS) is 16.7. The number of hydrogen-bond acceptors (Lipinski definition) is 4. The van der Waals surface area contributed by atoms with Crippen molar-refractivity contribution in [1.29, 1.82) is 0 Å². The molecule has 0 aromatic carbocycles. The van der Waals surface area contributed by atoms with Crippen LogP contribution >= 0.6 is 0 Å². The third kappa shape index (κ3) is 3.50. The van der Waals surface area contributed by atoms with E-state index in [1.165, 1.54) is 0 Å². The average molecular weight is 312 g/mol. The van der Waals surface area contributed by atoms with Crippen LogP contribution in [0.25, 0.3) is 0 Å². The highest BCUT2D eigenvalue weighted by molar-refractivity contribution is 5.23. The lowest BCUT2D eigenvalue weighted by Gasteiger charge is -2.31. The van der Waals surface area contributed by atoms with Crippen molar-refractivity contribution in [3.63, 3.8) is 0 Å². The van der Waals surface area contributed by atoms with Crippen LogP contribution in [0.5, 0.6) is 0 Å². The fourth-order valence-electron chi connectivity index (χ4n) is 3.28. The van der Waals surface area contributed by atoms with Gasteiger partial charge in [-0.3, -0.25) is 9.69 Å². The molecule has 0 atom stereocenters. The van der Waals surface area contributed by atoms with E-state index >= 15 is 0 Å². The van der Waals surface area contributed by atoms with Crippen LogP contribution < -0.4 is 5.43 Å². The highest BCUT2D eigenvalue weighted by Crippen LogP contribution is 2.27. The summed E-state index contributed by atoms with van der Waals surface area (Å²) in [6.07, 6.45) is 5.88. The van der Waals surface area contributed by atoms with Crippen molar-refractivity contribution in [2.45, 2.75) is 46.1 Å². The maximum Gasteiger partial charge on any atom is 0.187 e. The number of hydrogen-bond donors (Lipinski definition) is 1. The van der Waals surface area contributed by atoms with Crippen LogP contribution in [0.2, 0.25) is 0 Å². The lowest BCUT2D eigenvalue weighted by molar-refractivity contribution is 0.200. The van der Waals surface area contributed by atoms with E-state index in [0.29, 0.717) is 5.92 Å². The zero-order valence-corrected chi connectivity index (χ0v) is 14.1. The predicted molar refractivity (Wildman–Crippen MR) is 90.6 cm³/mol. The third-order valence-electron chi connectivity index (χ3n) is 4.80. The monoisotopic (exact) mass is 312 g/mol. The van der Waals surface area contributed by atoms with E-state index < -0.39 is 0 Å². The van der Waals surface area contributed by atoms with Crippen LogP contribution in [0, 0.1) is 20.8 Å². The van der Waals surface area contributed by atoms with Gasteiger partial charge < -0.3 is 4.98 Å². The second-order valence-corrected chi connectivity index (χ2v) is 6.48. The van der Waals surface area contributed by atoms with Gasteiger partial charge in [-0.05, 0) is 52.8 Å². The number of nitrogens with zero attached hydrogens (tertiary/aromatic N) is 3. The van der Waals surface area contributed by atoms with Crippen molar-refractivity contribution in [3.8, 4) is 0 Å². The van der Waals surface area contributed by atoms with Crippen molar-refractivity contribution in [2.24, 2.45) is 0 Å². The predicted octanol–water partition coefficient (Wildman–Crippen LogP) is 2.47. The van der Waals surface area contributed by atoms with E-state index in [4.69, 9.17) is 0 Å². The fourth-order valence-corrected chi connectivity index (χ4v) is 3.28. The van der Waals surface area contributed by atoms with Gasteiger partial charge in [-0.15, -0.1) is 0 Å². The Hall–Kier alpha value is -2.01. The van der Waals surface area contributed by atoms with Crippen LogP contribution in [0.15, 0.2) is 23.3 Å². The van der Waals surface area contributed by atoms with Crippen molar-refractivity contribution in [2.75, 3.05) is 13.1 Å². The number of rotatable bonds is 3. The van der Waals surface area contributed by atoms with E-state index in [0.717, 1.165) is 60.8 Å². The van der Waals surface area contributed by atoms with Gasteiger partial charge in [0.15, 0.2) is 5.43 Å². The van der Waals surface area contributed by atoms with Gasteiger partial charge in [0.05, 0.1) is 0 Å². The second kappa shape index (κ2) is 6.62. The molecule has 0 amide bonds. The summed E-state index contributed by atoms with van der Waals surface area (Å²) in [7, 11) is 0. The molecule has 1 fully saturated rings. The van der Waals surface area contributed by atoms with Crippen molar-refractivity contribution in [3.05, 3.63) is 57.0 Å². The van der Waals surface area contributed by atoms with Gasteiger partial charge in [0.1, 0.15) is 5.82 Å². The minimum absolute atomic E-state index is 0.157. The molecule has 0 spiro atoms. The Morgan fingerprint density at radius 1 is 1.26 bits per heavy atom. The highest BCUT2D eigenvalue weighted by atomic mass is 16.1. The summed E-state index contributed by atoms with van der Waals surface area (Å²) < 4.78 is 0. The Morgan fingerprint density at radius 3 is 2.70 bits per heavy atom. The molecule has 2 aromatic rings. The summed E-state index contributed by atoms with van der Waals surface area (Å²) in [6, 6.07) is 2.04. The van der Waals surface area contributed by atoms with Crippen LogP contribution in [-0.4, -0.2) is 32.9 Å². The largest absolute Gasteiger partial charge is 0.363 e. The standard InChI is InChI=1S/C18H24N4O/c1-12-10-20-17(13(2)18(12)23)11-22-8-5-15(6-9-22)16-4-7-19-14(3)21-16/h4,7,10,15H,5-6,8-9,11H2,1-3H3,(H,20,23). The van der Waals surface area contributed by atoms with Crippen LogP contribution in [0.4, 0.5) is 0 Å². The third-order valence-corrected chi connectivity index (χ3v) is 4.80. The molecule has 23 heavy (non-hydrogen) atoms. The molecule has 1 saturated heterocycles. The molecule has 0 saturated carbocycles. The number of nitrogens with one attached hydrogen (secondary N) is 1. The van der Waals surface area contributed by atoms with Crippen molar-refractivity contribution in [1.82, 2.24) is 19.9 Å². The topological polar surface area (TPSA) is 61.9 Å². The SMILES string of the molecule is Cc1nccc(C2CCN(Cc3[nH]cc(C)c(=O)c3C)CC2)n1. The lowest BCUT2D eigenvalue weighted by atomic mass is 9.93. The van der Waals surface area contributed by atoms with Crippen molar-refractivity contribution < 1.29 is 0 Å². The van der Waals surface area contributed by atoms with Gasteiger partial charge in [-0.2, -0.15) is 0 Å². The minimum atomic E-state index is 0.157. The number of aryl methyl sites for hydroxylation is 2. The quantitative estimate of drug-likeness (QED) is 0.946. The molecule has 0 radical (unpaired) electrons. The zero-order chi connectivity index (χ0) is 16.4. The van der Waals surface area contributed by atoms with E-state index in [2.05, 4.69) is 19.9 Å². The van der Waals surface area contributed by atoms with E-state index in [-0.39, 0.29) is 5.43 Å². The first-order valence-corrected chi connectivity index (χ1v) is 8.24. The van der Waals surface area contributed by atoms with Gasteiger partial charge >= 0.3 is 0 Å². The Morgan fingerprint density at radius 2 is 2.00 bits per heavy atom. The molecule has 3 rings (SSSR count). The van der Waals surface area contributed by atoms with E-state index in [1.807, 2.05) is 39.2 Å². The van der Waals surface area contributed by atoms with Gasteiger partial charge in [0.25, 0.3) is 0 Å². The Balaban J connectivity index is 1.64. The smallest absolute Gasteiger partial charge is 0.187 e. The molecule has 0 bridgehead atoms. The van der Waals surface area contributed by atoms with Crippen LogP contribution in [0.3, 0.4) is 0 Å². The summed E-state index contributed by atoms with van der Waals surface area (Å²) in [6.45, 7) is 8.58. The number of piperidine rings is 1. The van der Waals surface area contributed by atoms with Gasteiger partial charge in [-0.25, -0.2) is 9.97 Å². The molecule has 1 aliphatic heterocycles. The number of H-pyrrole nitrogens is 1. The molecule has 1 N–H and O–H groups in total. The fraction of sp³-hybridized carbons (Fsp3) is 0.500. The lowest BCUT2D eigenvalue weighted by Crippen LogP contribution is -2.33. The summed E-state index contributed by atoms with van der Waals surface area (Å²) in [5, 5.41) is 0. The summed E-state index contributed by atoms with van der Waals surface area (Å²) in [4.78, 5) is 26.5. The maximum absolute atomic E-state index is 12.0. The average Bonchev–Trinajstić information content (AvgIpc) is 2.56. The molecule has 122 valence electrons. The Kier molecular flexibility index (Phi) is 4.57. The molecule has 1 aliphatic rings. The van der Waals surface area contributed by atoms with E-state index in [9.17, 15) is 4.79 Å². The van der Waals surface area contributed by atoms with Crippen LogP contribution in [-0.2, 0) is 6.54 Å². The molecular formula is C18H24N4O. The zero-order valence-electron chi connectivity index (χ0n) is 14.1. The molecule has 0 aliphatic carbocycles. The van der Waals surface area contributed by atoms with Crippen molar-refractivity contribution >= 4 is 0 Å². The van der Waals surface area contributed by atoms with Gasteiger partial charge in [0.2, 0.25) is 0 Å². The summed E-state index contributed by atoms with van der Waals surface area (Å²) >= 11 is 0. The van der Waals surface area contributed by atoms with E-state index in [1.54, 1.807) is 0 Å². The minimum Gasteiger partial charge on any atom is -0.363 e. The van der Waals surface area contributed by atoms with Crippen LogP contribution in [0.1, 0.15) is 47.1 Å². The van der Waals surface area contributed by atoms with Gasteiger partial charge in [-0.1, -0.05) is 0 Å². The maximum atomic E-state index is 12.0. The molecule has 0 unspecified atom stereocenters. The second-order valence-electron chi connectivity index (χ2n) is 6.48. The first-order chi connectivity index (χ1) is 11.0. The first kappa shape index (κ1) is 15.9.